The molecule has 4 rings (SSSR count). The van der Waals surface area contributed by atoms with E-state index in [4.69, 9.17) is 4.74 Å². The highest BCUT2D eigenvalue weighted by Gasteiger charge is 2.14. The number of benzene rings is 2. The van der Waals surface area contributed by atoms with Gasteiger partial charge >= 0.3 is 0 Å². The average molecular weight is 262 g/mol. The van der Waals surface area contributed by atoms with Crippen molar-refractivity contribution in [2.75, 3.05) is 7.11 Å². The van der Waals surface area contributed by atoms with Gasteiger partial charge in [-0.25, -0.2) is 0 Å². The van der Waals surface area contributed by atoms with Crippen LogP contribution in [0.15, 0.2) is 60.7 Å². The SMILES string of the molecule is C1=Cc2ccccc2C1.COC1C=Cc2ccccc21. The third-order valence-corrected chi connectivity index (χ3v) is 3.70. The zero-order valence-corrected chi connectivity index (χ0v) is 11.6. The van der Waals surface area contributed by atoms with Crippen molar-refractivity contribution in [1.82, 2.24) is 0 Å². The molecule has 2 aromatic rings. The van der Waals surface area contributed by atoms with Gasteiger partial charge in [0, 0.05) is 7.11 Å². The van der Waals surface area contributed by atoms with Crippen LogP contribution in [0, 0.1) is 0 Å². The van der Waals surface area contributed by atoms with Gasteiger partial charge in [0.2, 0.25) is 0 Å². The van der Waals surface area contributed by atoms with E-state index in [1.165, 1.54) is 22.3 Å². The van der Waals surface area contributed by atoms with Crippen LogP contribution in [0.2, 0.25) is 0 Å². The summed E-state index contributed by atoms with van der Waals surface area (Å²) >= 11 is 0. The van der Waals surface area contributed by atoms with Crippen LogP contribution in [-0.4, -0.2) is 7.11 Å². The first-order valence-electron chi connectivity index (χ1n) is 6.93. The Bertz CT molecular complexity index is 652. The smallest absolute Gasteiger partial charge is 0.101 e. The number of hydrogen-bond donors (Lipinski definition) is 0. The van der Waals surface area contributed by atoms with E-state index in [9.17, 15) is 0 Å². The highest BCUT2D eigenvalue weighted by Crippen LogP contribution is 2.29. The van der Waals surface area contributed by atoms with Crippen LogP contribution in [0.1, 0.15) is 28.4 Å². The molecular weight excluding hydrogens is 244 g/mol. The van der Waals surface area contributed by atoms with Gasteiger partial charge in [-0.3, -0.25) is 0 Å². The van der Waals surface area contributed by atoms with E-state index in [0.29, 0.717) is 0 Å². The molecule has 0 aliphatic heterocycles. The molecule has 0 saturated carbocycles. The molecule has 1 nitrogen and oxygen atoms in total. The van der Waals surface area contributed by atoms with Crippen LogP contribution < -0.4 is 0 Å². The minimum absolute atomic E-state index is 0.172. The predicted octanol–water partition coefficient (Wildman–Crippen LogP) is 4.66. The molecule has 1 heteroatoms. The van der Waals surface area contributed by atoms with Crippen molar-refractivity contribution in [3.8, 4) is 0 Å². The van der Waals surface area contributed by atoms with E-state index in [1.54, 1.807) is 7.11 Å². The van der Waals surface area contributed by atoms with E-state index in [-0.39, 0.29) is 6.10 Å². The van der Waals surface area contributed by atoms with Gasteiger partial charge < -0.3 is 4.74 Å². The lowest BCUT2D eigenvalue weighted by atomic mass is 10.1. The Morgan fingerprint density at radius 1 is 0.900 bits per heavy atom. The Hall–Kier alpha value is -2.12. The molecule has 2 aliphatic carbocycles. The van der Waals surface area contributed by atoms with Crippen molar-refractivity contribution in [3.05, 3.63) is 82.9 Å². The normalized spacial score (nSPS) is 17.4. The van der Waals surface area contributed by atoms with Crippen molar-refractivity contribution < 1.29 is 4.74 Å². The molecule has 1 unspecified atom stereocenters. The summed E-state index contributed by atoms with van der Waals surface area (Å²) in [5, 5.41) is 0. The summed E-state index contributed by atoms with van der Waals surface area (Å²) < 4.78 is 5.25. The first kappa shape index (κ1) is 12.9. The van der Waals surface area contributed by atoms with Crippen LogP contribution in [0.3, 0.4) is 0 Å². The maximum Gasteiger partial charge on any atom is 0.101 e. The molecule has 1 atom stereocenters. The van der Waals surface area contributed by atoms with Crippen molar-refractivity contribution in [2.45, 2.75) is 12.5 Å². The quantitative estimate of drug-likeness (QED) is 0.726. The van der Waals surface area contributed by atoms with Crippen molar-refractivity contribution in [3.63, 3.8) is 0 Å². The second-order valence-corrected chi connectivity index (χ2v) is 4.95. The first-order valence-corrected chi connectivity index (χ1v) is 6.93. The van der Waals surface area contributed by atoms with Gasteiger partial charge in [-0.15, -0.1) is 0 Å². The molecule has 20 heavy (non-hydrogen) atoms. The molecule has 0 saturated heterocycles. The third-order valence-electron chi connectivity index (χ3n) is 3.70. The Labute approximate surface area is 120 Å². The van der Waals surface area contributed by atoms with Gasteiger partial charge in [-0.1, -0.05) is 72.8 Å². The lowest BCUT2D eigenvalue weighted by Crippen LogP contribution is -1.94. The zero-order valence-electron chi connectivity index (χ0n) is 11.6. The molecule has 2 aromatic carbocycles. The topological polar surface area (TPSA) is 9.23 Å². The summed E-state index contributed by atoms with van der Waals surface area (Å²) in [5.41, 5.74) is 5.39. The number of allylic oxidation sites excluding steroid dienone is 1. The van der Waals surface area contributed by atoms with Gasteiger partial charge in [0.25, 0.3) is 0 Å². The lowest BCUT2D eigenvalue weighted by Gasteiger charge is -2.07. The van der Waals surface area contributed by atoms with E-state index >= 15 is 0 Å². The maximum absolute atomic E-state index is 5.25. The molecule has 0 fully saturated rings. The summed E-state index contributed by atoms with van der Waals surface area (Å²) in [6, 6.07) is 16.8. The summed E-state index contributed by atoms with van der Waals surface area (Å²) in [6.07, 6.45) is 9.84. The molecule has 100 valence electrons. The van der Waals surface area contributed by atoms with Crippen LogP contribution in [0.25, 0.3) is 12.2 Å². The van der Waals surface area contributed by atoms with Crippen LogP contribution in [0.5, 0.6) is 0 Å². The third kappa shape index (κ3) is 2.59. The highest BCUT2D eigenvalue weighted by atomic mass is 16.5. The summed E-state index contributed by atoms with van der Waals surface area (Å²) in [6.45, 7) is 0. The van der Waals surface area contributed by atoms with Crippen molar-refractivity contribution in [2.24, 2.45) is 0 Å². The fourth-order valence-corrected chi connectivity index (χ4v) is 2.62. The maximum atomic E-state index is 5.25. The van der Waals surface area contributed by atoms with E-state index in [0.717, 1.165) is 6.42 Å². The van der Waals surface area contributed by atoms with Gasteiger partial charge in [0.15, 0.2) is 0 Å². The Kier molecular flexibility index (Phi) is 3.80. The molecule has 0 spiro atoms. The number of fused-ring (bicyclic) bond motifs is 2. The lowest BCUT2D eigenvalue weighted by molar-refractivity contribution is 0.145. The van der Waals surface area contributed by atoms with E-state index in [1.807, 2.05) is 12.1 Å². The first-order chi connectivity index (χ1) is 9.88. The van der Waals surface area contributed by atoms with Crippen LogP contribution in [-0.2, 0) is 11.2 Å². The summed E-state index contributed by atoms with van der Waals surface area (Å²) in [4.78, 5) is 0. The molecule has 0 aromatic heterocycles. The standard InChI is InChI=1S/C10H10O.C9H8/c1-11-10-7-6-8-4-2-3-5-9(8)10;1-2-5-9-7-3-6-8(9)4-1/h2-7,10H,1H3;1-6H,7H2. The molecule has 0 heterocycles. The molecule has 2 aliphatic rings. The molecular formula is C19H18O. The fraction of sp³-hybridized carbons (Fsp3) is 0.158. The number of methoxy groups -OCH3 is 1. The van der Waals surface area contributed by atoms with Gasteiger partial charge in [-0.05, 0) is 28.7 Å². The number of rotatable bonds is 1. The Balaban J connectivity index is 0.000000123. The second kappa shape index (κ2) is 5.89. The van der Waals surface area contributed by atoms with Crippen molar-refractivity contribution >= 4 is 12.2 Å². The zero-order chi connectivity index (χ0) is 13.8. The Morgan fingerprint density at radius 3 is 2.45 bits per heavy atom. The highest BCUT2D eigenvalue weighted by molar-refractivity contribution is 5.61. The fourth-order valence-electron chi connectivity index (χ4n) is 2.62. The molecule has 0 amide bonds. The van der Waals surface area contributed by atoms with E-state index in [2.05, 4.69) is 60.7 Å². The largest absolute Gasteiger partial charge is 0.373 e. The second-order valence-electron chi connectivity index (χ2n) is 4.95. The minimum Gasteiger partial charge on any atom is -0.373 e. The average Bonchev–Trinajstić information content (AvgIpc) is 3.14. The van der Waals surface area contributed by atoms with Crippen LogP contribution >= 0.6 is 0 Å². The molecule has 0 radical (unpaired) electrons. The Morgan fingerprint density at radius 2 is 1.65 bits per heavy atom. The van der Waals surface area contributed by atoms with Gasteiger partial charge in [0.05, 0.1) is 0 Å². The predicted molar refractivity (Wildman–Crippen MR) is 84.4 cm³/mol. The number of hydrogen-bond acceptors (Lipinski definition) is 1. The van der Waals surface area contributed by atoms with E-state index < -0.39 is 0 Å². The van der Waals surface area contributed by atoms with Gasteiger partial charge in [0.1, 0.15) is 6.10 Å². The monoisotopic (exact) mass is 262 g/mol. The number of ether oxygens (including phenoxy) is 1. The minimum atomic E-state index is 0.172. The van der Waals surface area contributed by atoms with Crippen LogP contribution in [0.4, 0.5) is 0 Å². The van der Waals surface area contributed by atoms with Crippen molar-refractivity contribution in [1.29, 1.82) is 0 Å². The molecule has 0 bridgehead atoms. The summed E-state index contributed by atoms with van der Waals surface area (Å²) in [7, 11) is 1.73. The molecule has 0 N–H and O–H groups in total. The summed E-state index contributed by atoms with van der Waals surface area (Å²) in [5.74, 6) is 0. The van der Waals surface area contributed by atoms with Gasteiger partial charge in [-0.2, -0.15) is 0 Å².